The van der Waals surface area contributed by atoms with Crippen LogP contribution in [-0.2, 0) is 4.74 Å². The molecule has 2 aromatic rings. The van der Waals surface area contributed by atoms with Crippen LogP contribution in [0.25, 0.3) is 10.9 Å². The Kier molecular flexibility index (Phi) is 4.22. The number of benzene rings is 1. The molecule has 0 aliphatic heterocycles. The topological polar surface area (TPSA) is 54.1 Å². The van der Waals surface area contributed by atoms with Crippen molar-refractivity contribution in [3.63, 3.8) is 0 Å². The van der Waals surface area contributed by atoms with Gasteiger partial charge in [0.05, 0.1) is 0 Å². The highest BCUT2D eigenvalue weighted by atomic mass is 16.5. The summed E-state index contributed by atoms with van der Waals surface area (Å²) in [5.74, 6) is -0.0533. The third-order valence-electron chi connectivity index (χ3n) is 3.25. The van der Waals surface area contributed by atoms with Crippen molar-refractivity contribution in [2.24, 2.45) is 0 Å². The highest BCUT2D eigenvalue weighted by molar-refractivity contribution is 6.00. The van der Waals surface area contributed by atoms with E-state index in [2.05, 4.69) is 23.3 Å². The molecule has 4 heteroatoms. The lowest BCUT2D eigenvalue weighted by molar-refractivity contribution is 0.0944. The van der Waals surface area contributed by atoms with Crippen LogP contribution < -0.4 is 5.32 Å². The molecule has 0 unspecified atom stereocenters. The quantitative estimate of drug-likeness (QED) is 0.812. The summed E-state index contributed by atoms with van der Waals surface area (Å²) in [6.07, 6.45) is 0.820. The molecule has 0 atom stereocenters. The van der Waals surface area contributed by atoms with Crippen LogP contribution in [0.3, 0.4) is 0 Å². The number of aryl methyl sites for hydroxylation is 2. The third-order valence-corrected chi connectivity index (χ3v) is 3.25. The lowest BCUT2D eigenvalue weighted by Gasteiger charge is -2.04. The number of hydrogen-bond acceptors (Lipinski definition) is 2. The number of aromatic amines is 1. The first kappa shape index (κ1) is 13.6. The Morgan fingerprint density at radius 3 is 2.89 bits per heavy atom. The Labute approximate surface area is 113 Å². The van der Waals surface area contributed by atoms with Gasteiger partial charge in [-0.2, -0.15) is 0 Å². The normalized spacial score (nSPS) is 10.9. The summed E-state index contributed by atoms with van der Waals surface area (Å²) in [7, 11) is 1.66. The molecular formula is C15H20N2O2. The number of ether oxygens (including phenoxy) is 1. The molecule has 1 aromatic heterocycles. The largest absolute Gasteiger partial charge is 0.385 e. The maximum Gasteiger partial charge on any atom is 0.268 e. The van der Waals surface area contributed by atoms with Crippen molar-refractivity contribution in [3.05, 3.63) is 35.0 Å². The van der Waals surface area contributed by atoms with Crippen molar-refractivity contribution in [3.8, 4) is 0 Å². The van der Waals surface area contributed by atoms with Gasteiger partial charge < -0.3 is 15.0 Å². The van der Waals surface area contributed by atoms with Crippen LogP contribution in [0, 0.1) is 13.8 Å². The molecule has 1 aromatic carbocycles. The minimum absolute atomic E-state index is 0.0533. The van der Waals surface area contributed by atoms with E-state index in [0.29, 0.717) is 18.8 Å². The molecule has 0 bridgehead atoms. The van der Waals surface area contributed by atoms with E-state index in [1.165, 1.54) is 5.56 Å². The molecule has 0 aliphatic rings. The second-order valence-electron chi connectivity index (χ2n) is 4.78. The monoisotopic (exact) mass is 260 g/mol. The first-order chi connectivity index (χ1) is 9.13. The first-order valence-electron chi connectivity index (χ1n) is 6.49. The predicted octanol–water partition coefficient (Wildman–Crippen LogP) is 2.55. The highest BCUT2D eigenvalue weighted by Gasteiger charge is 2.14. The molecule has 2 N–H and O–H groups in total. The van der Waals surface area contributed by atoms with E-state index in [1.54, 1.807) is 7.11 Å². The lowest BCUT2D eigenvalue weighted by Crippen LogP contribution is -2.26. The van der Waals surface area contributed by atoms with Crippen LogP contribution in [0.4, 0.5) is 0 Å². The van der Waals surface area contributed by atoms with Gasteiger partial charge in [0, 0.05) is 31.2 Å². The van der Waals surface area contributed by atoms with Crippen molar-refractivity contribution in [1.82, 2.24) is 10.3 Å². The standard InChI is InChI=1S/C15H20N2O2/c1-10-5-6-13-12(9-10)11(2)14(17-13)15(18)16-7-4-8-19-3/h5-6,9,17H,4,7-8H2,1-3H3,(H,16,18). The minimum atomic E-state index is -0.0533. The molecule has 1 amide bonds. The molecule has 0 aliphatic carbocycles. The summed E-state index contributed by atoms with van der Waals surface area (Å²) in [5.41, 5.74) is 3.85. The van der Waals surface area contributed by atoms with Gasteiger partial charge in [-0.15, -0.1) is 0 Å². The van der Waals surface area contributed by atoms with Crippen molar-refractivity contribution < 1.29 is 9.53 Å². The molecule has 4 nitrogen and oxygen atoms in total. The van der Waals surface area contributed by atoms with Gasteiger partial charge >= 0.3 is 0 Å². The molecule has 1 heterocycles. The van der Waals surface area contributed by atoms with Crippen LogP contribution in [-0.4, -0.2) is 31.2 Å². The van der Waals surface area contributed by atoms with E-state index >= 15 is 0 Å². The Bertz CT molecular complexity index is 587. The number of fused-ring (bicyclic) bond motifs is 1. The van der Waals surface area contributed by atoms with Crippen molar-refractivity contribution in [2.45, 2.75) is 20.3 Å². The maximum atomic E-state index is 12.1. The van der Waals surface area contributed by atoms with E-state index in [9.17, 15) is 4.79 Å². The summed E-state index contributed by atoms with van der Waals surface area (Å²) in [6, 6.07) is 6.15. The average molecular weight is 260 g/mol. The SMILES string of the molecule is COCCCNC(=O)c1[nH]c2ccc(C)cc2c1C. The Hall–Kier alpha value is -1.81. The molecule has 0 radical (unpaired) electrons. The Morgan fingerprint density at radius 1 is 1.37 bits per heavy atom. The summed E-state index contributed by atoms with van der Waals surface area (Å²) < 4.78 is 4.96. The lowest BCUT2D eigenvalue weighted by atomic mass is 10.1. The molecular weight excluding hydrogens is 240 g/mol. The minimum Gasteiger partial charge on any atom is -0.385 e. The number of hydrogen-bond donors (Lipinski definition) is 2. The maximum absolute atomic E-state index is 12.1. The zero-order valence-corrected chi connectivity index (χ0v) is 11.7. The highest BCUT2D eigenvalue weighted by Crippen LogP contribution is 2.22. The van der Waals surface area contributed by atoms with Gasteiger partial charge in [-0.25, -0.2) is 0 Å². The molecule has 19 heavy (non-hydrogen) atoms. The fourth-order valence-corrected chi connectivity index (χ4v) is 2.17. The van der Waals surface area contributed by atoms with Gasteiger partial charge in [0.15, 0.2) is 0 Å². The van der Waals surface area contributed by atoms with Gasteiger partial charge in [-0.05, 0) is 38.0 Å². The predicted molar refractivity (Wildman–Crippen MR) is 76.6 cm³/mol. The number of H-pyrrole nitrogens is 1. The van der Waals surface area contributed by atoms with Gasteiger partial charge in [-0.3, -0.25) is 4.79 Å². The number of methoxy groups -OCH3 is 1. The van der Waals surface area contributed by atoms with E-state index in [-0.39, 0.29) is 5.91 Å². The fraction of sp³-hybridized carbons (Fsp3) is 0.400. The second-order valence-corrected chi connectivity index (χ2v) is 4.78. The number of carbonyl (C=O) groups excluding carboxylic acids is 1. The molecule has 0 saturated carbocycles. The summed E-state index contributed by atoms with van der Waals surface area (Å²) in [4.78, 5) is 15.3. The van der Waals surface area contributed by atoms with E-state index < -0.39 is 0 Å². The molecule has 2 rings (SSSR count). The van der Waals surface area contributed by atoms with Gasteiger partial charge in [0.25, 0.3) is 5.91 Å². The van der Waals surface area contributed by atoms with Crippen LogP contribution >= 0.6 is 0 Å². The molecule has 102 valence electrons. The zero-order chi connectivity index (χ0) is 13.8. The number of rotatable bonds is 5. The van der Waals surface area contributed by atoms with Crippen molar-refractivity contribution in [1.29, 1.82) is 0 Å². The Morgan fingerprint density at radius 2 is 2.16 bits per heavy atom. The number of aromatic nitrogens is 1. The Balaban J connectivity index is 2.16. The van der Waals surface area contributed by atoms with Crippen LogP contribution in [0.2, 0.25) is 0 Å². The van der Waals surface area contributed by atoms with Gasteiger partial charge in [0.2, 0.25) is 0 Å². The second kappa shape index (κ2) is 5.89. The van der Waals surface area contributed by atoms with Gasteiger partial charge in [0.1, 0.15) is 5.69 Å². The van der Waals surface area contributed by atoms with Crippen molar-refractivity contribution >= 4 is 16.8 Å². The fourth-order valence-electron chi connectivity index (χ4n) is 2.17. The smallest absolute Gasteiger partial charge is 0.268 e. The van der Waals surface area contributed by atoms with Crippen LogP contribution in [0.1, 0.15) is 28.0 Å². The van der Waals surface area contributed by atoms with E-state index in [1.807, 2.05) is 19.1 Å². The van der Waals surface area contributed by atoms with E-state index in [4.69, 9.17) is 4.74 Å². The average Bonchev–Trinajstić information content (AvgIpc) is 2.72. The van der Waals surface area contributed by atoms with Crippen LogP contribution in [0.15, 0.2) is 18.2 Å². The number of carbonyl (C=O) groups is 1. The van der Waals surface area contributed by atoms with Gasteiger partial charge in [-0.1, -0.05) is 11.6 Å². The van der Waals surface area contributed by atoms with Crippen molar-refractivity contribution in [2.75, 3.05) is 20.3 Å². The van der Waals surface area contributed by atoms with E-state index in [0.717, 1.165) is 22.9 Å². The summed E-state index contributed by atoms with van der Waals surface area (Å²) >= 11 is 0. The van der Waals surface area contributed by atoms with Crippen LogP contribution in [0.5, 0.6) is 0 Å². The number of nitrogens with one attached hydrogen (secondary N) is 2. The summed E-state index contributed by atoms with van der Waals surface area (Å²) in [5, 5.41) is 4.01. The summed E-state index contributed by atoms with van der Waals surface area (Å²) in [6.45, 7) is 5.31. The first-order valence-corrected chi connectivity index (χ1v) is 6.49. The zero-order valence-electron chi connectivity index (χ0n) is 11.7. The molecule has 0 spiro atoms. The molecule has 0 fully saturated rings. The molecule has 0 saturated heterocycles. The third kappa shape index (κ3) is 2.96. The number of amides is 1.